The number of hydrogen-bond acceptors (Lipinski definition) is 3. The van der Waals surface area contributed by atoms with E-state index in [1.54, 1.807) is 0 Å². The minimum Gasteiger partial charge on any atom is -0.491 e. The topological polar surface area (TPSA) is 43.1 Å². The number of ether oxygens (including phenoxy) is 2. The highest BCUT2D eigenvalue weighted by atomic mass is 16.5. The monoisotopic (exact) mass is 302 g/mol. The van der Waals surface area contributed by atoms with E-state index < -0.39 is 6.10 Å². The van der Waals surface area contributed by atoms with Crippen molar-refractivity contribution in [3.05, 3.63) is 60.7 Å². The first kappa shape index (κ1) is 16.3. The number of para-hydroxylation sites is 2. The molecule has 0 aliphatic carbocycles. The van der Waals surface area contributed by atoms with Gasteiger partial charge in [0.1, 0.15) is 43.9 Å². The van der Waals surface area contributed by atoms with E-state index in [0.717, 1.165) is 18.0 Å². The zero-order valence-electron chi connectivity index (χ0n) is 12.9. The lowest BCUT2D eigenvalue weighted by molar-refractivity contribution is -0.883. The summed E-state index contributed by atoms with van der Waals surface area (Å²) in [5.41, 5.74) is 0. The number of aliphatic hydroxyl groups excluding tert-OH is 1. The van der Waals surface area contributed by atoms with Gasteiger partial charge in [-0.2, -0.15) is 0 Å². The van der Waals surface area contributed by atoms with Crippen molar-refractivity contribution in [2.75, 3.05) is 33.4 Å². The molecule has 2 atom stereocenters. The molecule has 2 aromatic carbocycles. The van der Waals surface area contributed by atoms with E-state index >= 15 is 0 Å². The van der Waals surface area contributed by atoms with Gasteiger partial charge in [-0.05, 0) is 24.3 Å². The van der Waals surface area contributed by atoms with Gasteiger partial charge in [-0.15, -0.1) is 0 Å². The summed E-state index contributed by atoms with van der Waals surface area (Å²) in [4.78, 5) is 1.21. The third-order valence-corrected chi connectivity index (χ3v) is 3.31. The fourth-order valence-electron chi connectivity index (χ4n) is 2.13. The molecule has 0 saturated carbocycles. The number of hydrogen-bond donors (Lipinski definition) is 2. The molecule has 0 aliphatic rings. The summed E-state index contributed by atoms with van der Waals surface area (Å²) in [7, 11) is 2.04. The quantitative estimate of drug-likeness (QED) is 0.727. The van der Waals surface area contributed by atoms with Gasteiger partial charge in [-0.25, -0.2) is 0 Å². The highest BCUT2D eigenvalue weighted by molar-refractivity contribution is 5.21. The minimum absolute atomic E-state index is 0.306. The van der Waals surface area contributed by atoms with E-state index in [4.69, 9.17) is 9.47 Å². The molecule has 0 heterocycles. The van der Waals surface area contributed by atoms with Crippen molar-refractivity contribution >= 4 is 0 Å². The van der Waals surface area contributed by atoms with Gasteiger partial charge in [0.25, 0.3) is 0 Å². The lowest BCUT2D eigenvalue weighted by Gasteiger charge is -2.18. The molecular formula is C18H24NO3+. The first-order chi connectivity index (χ1) is 10.7. The van der Waals surface area contributed by atoms with E-state index in [-0.39, 0.29) is 0 Å². The molecule has 0 bridgehead atoms. The van der Waals surface area contributed by atoms with Crippen LogP contribution < -0.4 is 14.4 Å². The van der Waals surface area contributed by atoms with Gasteiger partial charge in [0.05, 0.1) is 7.05 Å². The third kappa shape index (κ3) is 6.16. The first-order valence-corrected chi connectivity index (χ1v) is 7.59. The van der Waals surface area contributed by atoms with Gasteiger partial charge in [0.15, 0.2) is 0 Å². The van der Waals surface area contributed by atoms with Crippen LogP contribution >= 0.6 is 0 Å². The molecule has 0 aromatic heterocycles. The predicted molar refractivity (Wildman–Crippen MR) is 86.5 cm³/mol. The summed E-state index contributed by atoms with van der Waals surface area (Å²) in [5.74, 6) is 1.66. The summed E-state index contributed by atoms with van der Waals surface area (Å²) in [5, 5.41) is 10.0. The van der Waals surface area contributed by atoms with Gasteiger partial charge in [0.2, 0.25) is 0 Å². The van der Waals surface area contributed by atoms with Crippen LogP contribution in [0.2, 0.25) is 0 Å². The van der Waals surface area contributed by atoms with Crippen LogP contribution in [0.3, 0.4) is 0 Å². The Morgan fingerprint density at radius 3 is 2.05 bits per heavy atom. The van der Waals surface area contributed by atoms with E-state index in [2.05, 4.69) is 0 Å². The molecule has 2 N–H and O–H groups in total. The largest absolute Gasteiger partial charge is 0.491 e. The molecule has 0 fully saturated rings. The van der Waals surface area contributed by atoms with Crippen molar-refractivity contribution in [2.45, 2.75) is 6.10 Å². The minimum atomic E-state index is -0.489. The molecule has 2 aromatic rings. The maximum atomic E-state index is 10.0. The summed E-state index contributed by atoms with van der Waals surface area (Å²) in [6.07, 6.45) is -0.489. The normalized spacial score (nSPS) is 13.4. The fraction of sp³-hybridized carbons (Fsp3) is 0.333. The van der Waals surface area contributed by atoms with Crippen molar-refractivity contribution < 1.29 is 19.5 Å². The highest BCUT2D eigenvalue weighted by Crippen LogP contribution is 2.08. The lowest BCUT2D eigenvalue weighted by atomic mass is 10.3. The lowest BCUT2D eigenvalue weighted by Crippen LogP contribution is -3.10. The molecular weight excluding hydrogens is 278 g/mol. The van der Waals surface area contributed by atoms with Crippen LogP contribution in [0.5, 0.6) is 11.5 Å². The number of benzene rings is 2. The standard InChI is InChI=1S/C18H23NO3/c1-19(12-13-21-17-8-4-2-5-9-17)14-16(20)15-22-18-10-6-3-7-11-18/h2-11,16,20H,12-15H2,1H3/p+1/t16-/m1/s1. The Labute approximate surface area is 131 Å². The van der Waals surface area contributed by atoms with Crippen molar-refractivity contribution in [3.63, 3.8) is 0 Å². The van der Waals surface area contributed by atoms with Crippen molar-refractivity contribution in [1.82, 2.24) is 0 Å². The zero-order valence-corrected chi connectivity index (χ0v) is 12.9. The van der Waals surface area contributed by atoms with Gasteiger partial charge >= 0.3 is 0 Å². The molecule has 4 heteroatoms. The Morgan fingerprint density at radius 2 is 1.45 bits per heavy atom. The van der Waals surface area contributed by atoms with Crippen LogP contribution in [-0.4, -0.2) is 44.6 Å². The predicted octanol–water partition coefficient (Wildman–Crippen LogP) is 1.02. The Morgan fingerprint density at radius 1 is 0.909 bits per heavy atom. The number of quaternary nitrogens is 1. The third-order valence-electron chi connectivity index (χ3n) is 3.31. The molecule has 1 unspecified atom stereocenters. The maximum absolute atomic E-state index is 10.0. The summed E-state index contributed by atoms with van der Waals surface area (Å²) >= 11 is 0. The van der Waals surface area contributed by atoms with Gasteiger partial charge < -0.3 is 19.5 Å². The second-order valence-corrected chi connectivity index (χ2v) is 5.35. The summed E-state index contributed by atoms with van der Waals surface area (Å²) in [6, 6.07) is 19.3. The molecule has 4 nitrogen and oxygen atoms in total. The zero-order chi connectivity index (χ0) is 15.6. The van der Waals surface area contributed by atoms with Crippen molar-refractivity contribution in [2.24, 2.45) is 0 Å². The smallest absolute Gasteiger partial charge is 0.137 e. The van der Waals surface area contributed by atoms with Crippen LogP contribution in [0.1, 0.15) is 0 Å². The van der Waals surface area contributed by atoms with Crippen LogP contribution in [0.4, 0.5) is 0 Å². The number of aliphatic hydroxyl groups is 1. The average Bonchev–Trinajstić information content (AvgIpc) is 2.55. The van der Waals surface area contributed by atoms with Crippen molar-refractivity contribution in [3.8, 4) is 11.5 Å². The molecule has 22 heavy (non-hydrogen) atoms. The van der Waals surface area contributed by atoms with Crippen LogP contribution in [-0.2, 0) is 0 Å². The molecule has 0 spiro atoms. The second-order valence-electron chi connectivity index (χ2n) is 5.35. The van der Waals surface area contributed by atoms with E-state index in [0.29, 0.717) is 19.8 Å². The molecule has 0 radical (unpaired) electrons. The Hall–Kier alpha value is -2.04. The van der Waals surface area contributed by atoms with Gasteiger partial charge in [0, 0.05) is 0 Å². The van der Waals surface area contributed by atoms with Crippen molar-refractivity contribution in [1.29, 1.82) is 0 Å². The Balaban J connectivity index is 1.60. The van der Waals surface area contributed by atoms with Crippen LogP contribution in [0.15, 0.2) is 60.7 Å². The molecule has 0 saturated heterocycles. The SMILES string of the molecule is C[NH+](CCOc1ccccc1)C[C@@H](O)COc1ccccc1. The summed E-state index contributed by atoms with van der Waals surface area (Å²) in [6.45, 7) is 2.39. The second kappa shape index (κ2) is 9.07. The first-order valence-electron chi connectivity index (χ1n) is 7.59. The Bertz CT molecular complexity index is 518. The van der Waals surface area contributed by atoms with Gasteiger partial charge in [-0.1, -0.05) is 36.4 Å². The fourth-order valence-corrected chi connectivity index (χ4v) is 2.13. The van der Waals surface area contributed by atoms with E-state index in [1.165, 1.54) is 4.90 Å². The van der Waals surface area contributed by atoms with Gasteiger partial charge in [-0.3, -0.25) is 0 Å². The van der Waals surface area contributed by atoms with E-state index in [9.17, 15) is 5.11 Å². The van der Waals surface area contributed by atoms with Crippen LogP contribution in [0.25, 0.3) is 0 Å². The van der Waals surface area contributed by atoms with E-state index in [1.807, 2.05) is 67.7 Å². The molecule has 2 rings (SSSR count). The highest BCUT2D eigenvalue weighted by Gasteiger charge is 2.12. The number of likely N-dealkylation sites (N-methyl/N-ethyl adjacent to an activating group) is 1. The van der Waals surface area contributed by atoms with Crippen LogP contribution in [0, 0.1) is 0 Å². The average molecular weight is 302 g/mol. The Kier molecular flexibility index (Phi) is 6.74. The summed E-state index contributed by atoms with van der Waals surface area (Å²) < 4.78 is 11.2. The number of nitrogens with one attached hydrogen (secondary N) is 1. The molecule has 0 amide bonds. The maximum Gasteiger partial charge on any atom is 0.137 e. The molecule has 0 aliphatic heterocycles. The molecule has 118 valence electrons. The number of rotatable bonds is 9.